The predicted octanol–water partition coefficient (Wildman–Crippen LogP) is 2.35. The number of guanidine groups is 1. The molecule has 0 aliphatic rings. The van der Waals surface area contributed by atoms with Crippen molar-refractivity contribution in [3.05, 3.63) is 46.5 Å². The van der Waals surface area contributed by atoms with Gasteiger partial charge in [0.1, 0.15) is 11.4 Å². The minimum Gasteiger partial charge on any atom is -0.469 e. The zero-order valence-electron chi connectivity index (χ0n) is 13.0. The van der Waals surface area contributed by atoms with Crippen LogP contribution >= 0.6 is 11.3 Å². The van der Waals surface area contributed by atoms with Gasteiger partial charge in [-0.1, -0.05) is 0 Å². The summed E-state index contributed by atoms with van der Waals surface area (Å²) in [6.45, 7) is 5.60. The van der Waals surface area contributed by atoms with Crippen LogP contribution in [0.15, 0.2) is 44.6 Å². The normalized spacial score (nSPS) is 14.6. The number of hydrogen-bond donors (Lipinski definition) is 3. The molecule has 2 heterocycles. The smallest absolute Gasteiger partial charge is 0.191 e. The van der Waals surface area contributed by atoms with Gasteiger partial charge >= 0.3 is 0 Å². The van der Waals surface area contributed by atoms with Gasteiger partial charge in [0.05, 0.1) is 12.8 Å². The quantitative estimate of drug-likeness (QED) is 0.541. The molecule has 0 aliphatic heterocycles. The molecule has 0 bridgehead atoms. The van der Waals surface area contributed by atoms with Crippen LogP contribution in [0.2, 0.25) is 0 Å². The highest BCUT2D eigenvalue weighted by Crippen LogP contribution is 2.23. The highest BCUT2D eigenvalue weighted by Gasteiger charge is 2.23. The van der Waals surface area contributed by atoms with Crippen LogP contribution < -0.4 is 10.6 Å². The Labute approximate surface area is 135 Å². The van der Waals surface area contributed by atoms with Gasteiger partial charge in [-0.15, -0.1) is 0 Å². The van der Waals surface area contributed by atoms with Crippen molar-refractivity contribution in [3.8, 4) is 0 Å². The summed E-state index contributed by atoms with van der Waals surface area (Å²) in [5.74, 6) is 1.64. The molecule has 0 saturated carbocycles. The summed E-state index contributed by atoms with van der Waals surface area (Å²) in [5, 5.41) is 20.8. The van der Waals surface area contributed by atoms with Crippen LogP contribution in [0, 0.1) is 0 Å². The Hall–Kier alpha value is -1.79. The molecule has 2 rings (SSSR count). The van der Waals surface area contributed by atoms with Crippen molar-refractivity contribution < 1.29 is 9.52 Å². The van der Waals surface area contributed by atoms with Crippen LogP contribution in [0.5, 0.6) is 0 Å². The molecule has 3 N–H and O–H groups in total. The molecule has 0 radical (unpaired) electrons. The van der Waals surface area contributed by atoms with Gasteiger partial charge in [0.2, 0.25) is 0 Å². The number of nitrogens with one attached hydrogen (secondary N) is 2. The monoisotopic (exact) mass is 321 g/mol. The van der Waals surface area contributed by atoms with E-state index < -0.39 is 5.60 Å². The number of aliphatic imine (C=N–C) groups is 1. The van der Waals surface area contributed by atoms with Gasteiger partial charge in [-0.2, -0.15) is 11.3 Å². The van der Waals surface area contributed by atoms with E-state index in [4.69, 9.17) is 4.42 Å². The molecule has 22 heavy (non-hydrogen) atoms. The first kappa shape index (κ1) is 16.6. The molecule has 6 heteroatoms. The summed E-state index contributed by atoms with van der Waals surface area (Å²) < 4.78 is 5.30. The Morgan fingerprint density at radius 2 is 2.27 bits per heavy atom. The van der Waals surface area contributed by atoms with Crippen molar-refractivity contribution in [2.45, 2.75) is 25.9 Å². The third-order valence-corrected chi connectivity index (χ3v) is 3.96. The molecule has 0 saturated heterocycles. The van der Waals surface area contributed by atoms with Gasteiger partial charge in [0.15, 0.2) is 5.96 Å². The van der Waals surface area contributed by atoms with Gasteiger partial charge in [0.25, 0.3) is 0 Å². The summed E-state index contributed by atoms with van der Waals surface area (Å²) >= 11 is 1.57. The third-order valence-electron chi connectivity index (χ3n) is 3.28. The zero-order valence-corrected chi connectivity index (χ0v) is 13.8. The molecule has 1 unspecified atom stereocenters. The second-order valence-electron chi connectivity index (χ2n) is 5.24. The van der Waals surface area contributed by atoms with E-state index in [0.29, 0.717) is 12.5 Å². The molecule has 2 aromatic heterocycles. The number of nitrogens with zero attached hydrogens (tertiary/aromatic N) is 1. The fourth-order valence-electron chi connectivity index (χ4n) is 2.00. The second-order valence-corrected chi connectivity index (χ2v) is 6.02. The molecule has 5 nitrogen and oxygen atoms in total. The Balaban J connectivity index is 1.89. The van der Waals surface area contributed by atoms with E-state index in [2.05, 4.69) is 15.6 Å². The highest BCUT2D eigenvalue weighted by atomic mass is 32.1. The van der Waals surface area contributed by atoms with Crippen LogP contribution in [0.25, 0.3) is 0 Å². The van der Waals surface area contributed by atoms with Gasteiger partial charge < -0.3 is 20.2 Å². The molecule has 0 spiro atoms. The van der Waals surface area contributed by atoms with Crippen LogP contribution in [0.3, 0.4) is 0 Å². The number of aliphatic hydroxyl groups is 1. The number of hydrogen-bond acceptors (Lipinski definition) is 4. The van der Waals surface area contributed by atoms with E-state index in [9.17, 15) is 5.11 Å². The lowest BCUT2D eigenvalue weighted by atomic mass is 10.00. The van der Waals surface area contributed by atoms with E-state index in [1.54, 1.807) is 24.5 Å². The summed E-state index contributed by atoms with van der Waals surface area (Å²) in [4.78, 5) is 4.48. The Morgan fingerprint density at radius 1 is 1.41 bits per heavy atom. The minimum absolute atomic E-state index is 0.305. The van der Waals surface area contributed by atoms with Crippen LogP contribution in [0.1, 0.15) is 25.2 Å². The van der Waals surface area contributed by atoms with Gasteiger partial charge in [-0.05, 0) is 48.4 Å². The molecule has 0 amide bonds. The Morgan fingerprint density at radius 3 is 2.91 bits per heavy atom. The average molecular weight is 321 g/mol. The molecule has 0 aromatic carbocycles. The first-order valence-electron chi connectivity index (χ1n) is 7.41. The Kier molecular flexibility index (Phi) is 6.03. The first-order chi connectivity index (χ1) is 10.6. The van der Waals surface area contributed by atoms with Crippen molar-refractivity contribution in [2.24, 2.45) is 4.99 Å². The van der Waals surface area contributed by atoms with Crippen molar-refractivity contribution in [1.29, 1.82) is 0 Å². The van der Waals surface area contributed by atoms with Gasteiger partial charge in [0, 0.05) is 19.5 Å². The van der Waals surface area contributed by atoms with Crippen LogP contribution in [-0.4, -0.2) is 30.7 Å². The lowest BCUT2D eigenvalue weighted by Crippen LogP contribution is -2.39. The zero-order chi connectivity index (χ0) is 15.8. The molecule has 120 valence electrons. The van der Waals surface area contributed by atoms with Crippen molar-refractivity contribution in [2.75, 3.05) is 19.6 Å². The largest absolute Gasteiger partial charge is 0.469 e. The maximum atomic E-state index is 10.5. The lowest BCUT2D eigenvalue weighted by Gasteiger charge is -2.21. The first-order valence-corrected chi connectivity index (χ1v) is 8.35. The topological polar surface area (TPSA) is 69.8 Å². The van der Waals surface area contributed by atoms with Crippen LogP contribution in [0.4, 0.5) is 0 Å². The summed E-state index contributed by atoms with van der Waals surface area (Å²) in [5.41, 5.74) is -0.0590. The predicted molar refractivity (Wildman–Crippen MR) is 90.3 cm³/mol. The standard InChI is InChI=1S/C16H23N3O2S/c1-3-17-15(18-8-6-14-5-4-9-21-14)19-12-16(2,20)13-7-10-22-11-13/h4-5,7,9-11,20H,3,6,8,12H2,1-2H3,(H2,17,18,19). The maximum absolute atomic E-state index is 10.5. The number of rotatable bonds is 7. The molecule has 1 atom stereocenters. The van der Waals surface area contributed by atoms with E-state index in [0.717, 1.165) is 30.8 Å². The Bertz CT molecular complexity index is 562. The van der Waals surface area contributed by atoms with Crippen molar-refractivity contribution in [1.82, 2.24) is 10.6 Å². The van der Waals surface area contributed by atoms with E-state index in [-0.39, 0.29) is 0 Å². The number of thiophene rings is 1. The number of furan rings is 1. The van der Waals surface area contributed by atoms with E-state index in [1.165, 1.54) is 0 Å². The van der Waals surface area contributed by atoms with Crippen molar-refractivity contribution >= 4 is 17.3 Å². The van der Waals surface area contributed by atoms with Crippen LogP contribution in [-0.2, 0) is 12.0 Å². The molecule has 2 aromatic rings. The highest BCUT2D eigenvalue weighted by molar-refractivity contribution is 7.08. The van der Waals surface area contributed by atoms with Gasteiger partial charge in [-0.3, -0.25) is 0 Å². The lowest BCUT2D eigenvalue weighted by molar-refractivity contribution is 0.0677. The summed E-state index contributed by atoms with van der Waals surface area (Å²) in [7, 11) is 0. The molecule has 0 fully saturated rings. The van der Waals surface area contributed by atoms with E-state index >= 15 is 0 Å². The second kappa shape index (κ2) is 8.00. The third kappa shape index (κ3) is 4.89. The maximum Gasteiger partial charge on any atom is 0.191 e. The van der Waals surface area contributed by atoms with Gasteiger partial charge in [-0.25, -0.2) is 4.99 Å². The molecule has 0 aliphatic carbocycles. The van der Waals surface area contributed by atoms with E-state index in [1.807, 2.05) is 35.9 Å². The fraction of sp³-hybridized carbons (Fsp3) is 0.438. The molecular formula is C16H23N3O2S. The fourth-order valence-corrected chi connectivity index (χ4v) is 2.78. The summed E-state index contributed by atoms with van der Waals surface area (Å²) in [6, 6.07) is 5.76. The average Bonchev–Trinajstić information content (AvgIpc) is 3.18. The minimum atomic E-state index is -0.955. The van der Waals surface area contributed by atoms with Crippen molar-refractivity contribution in [3.63, 3.8) is 0 Å². The molecular weight excluding hydrogens is 298 g/mol. The summed E-state index contributed by atoms with van der Waals surface area (Å²) in [6.07, 6.45) is 2.46. The SMILES string of the molecule is CCNC(=NCC(C)(O)c1ccsc1)NCCc1ccco1.